The molecule has 0 fully saturated rings. The van der Waals surface area contributed by atoms with Crippen molar-refractivity contribution in [2.45, 2.75) is 0 Å². The van der Waals surface area contributed by atoms with Crippen molar-refractivity contribution < 1.29 is 14.1 Å². The van der Waals surface area contributed by atoms with Crippen LogP contribution in [-0.4, -0.2) is 17.0 Å². The smallest absolute Gasteiger partial charge is 0.433 e. The number of pyridine rings is 1. The van der Waals surface area contributed by atoms with Gasteiger partial charge in [0, 0.05) is 11.3 Å². The number of rotatable bonds is 4. The quantitative estimate of drug-likeness (QED) is 0.576. The van der Waals surface area contributed by atoms with Crippen molar-refractivity contribution in [2.24, 2.45) is 0 Å². The average molecular weight is 337 g/mol. The zero-order chi connectivity index (χ0) is 18.0. The lowest BCUT2D eigenvalue weighted by atomic mass is 10.0. The first kappa shape index (κ1) is 16.0. The first-order valence-corrected chi connectivity index (χ1v) is 7.10. The molecule has 8 nitrogen and oxygen atoms in total. The van der Waals surface area contributed by atoms with Crippen molar-refractivity contribution in [3.8, 4) is 34.4 Å². The number of H-pyrrole nitrogens is 1. The third-order valence-corrected chi connectivity index (χ3v) is 3.58. The zero-order valence-electron chi connectivity index (χ0n) is 13.0. The second kappa shape index (κ2) is 6.33. The second-order valence-corrected chi connectivity index (χ2v) is 5.04. The van der Waals surface area contributed by atoms with Gasteiger partial charge in [0.1, 0.15) is 28.1 Å². The molecule has 124 valence electrons. The maximum atomic E-state index is 12.2. The highest BCUT2D eigenvalue weighted by atomic mass is 16.6. The number of nitrogens with one attached hydrogen (secondary N) is 1. The SMILES string of the molecule is COc1ccc(-c2cc(-c3ccc([N+](=O)[O-])o3)c(C#N)c(=O)[nH]2)cc1. The molecule has 0 spiro atoms. The van der Waals surface area contributed by atoms with Gasteiger partial charge in [0.05, 0.1) is 13.2 Å². The normalized spacial score (nSPS) is 10.2. The van der Waals surface area contributed by atoms with E-state index in [1.807, 2.05) is 0 Å². The largest absolute Gasteiger partial charge is 0.497 e. The number of methoxy groups -OCH3 is 1. The summed E-state index contributed by atoms with van der Waals surface area (Å²) in [4.78, 5) is 24.9. The Kier molecular flexibility index (Phi) is 4.05. The van der Waals surface area contributed by atoms with Crippen LogP contribution >= 0.6 is 0 Å². The van der Waals surface area contributed by atoms with E-state index >= 15 is 0 Å². The number of nitriles is 1. The minimum absolute atomic E-state index is 0.0733. The molecule has 0 saturated heterocycles. The van der Waals surface area contributed by atoms with E-state index in [-0.39, 0.29) is 16.9 Å². The van der Waals surface area contributed by atoms with Crippen molar-refractivity contribution >= 4 is 5.88 Å². The van der Waals surface area contributed by atoms with Gasteiger partial charge in [-0.15, -0.1) is 0 Å². The summed E-state index contributed by atoms with van der Waals surface area (Å²) in [6, 6.07) is 12.8. The van der Waals surface area contributed by atoms with Gasteiger partial charge < -0.3 is 14.1 Å². The number of aromatic amines is 1. The summed E-state index contributed by atoms with van der Waals surface area (Å²) < 4.78 is 10.2. The van der Waals surface area contributed by atoms with Gasteiger partial charge in [0.15, 0.2) is 0 Å². The van der Waals surface area contributed by atoms with E-state index in [0.29, 0.717) is 17.0 Å². The number of nitro groups is 1. The highest BCUT2D eigenvalue weighted by molar-refractivity contribution is 5.73. The van der Waals surface area contributed by atoms with Gasteiger partial charge in [0.2, 0.25) is 0 Å². The summed E-state index contributed by atoms with van der Waals surface area (Å²) >= 11 is 0. The predicted molar refractivity (Wildman–Crippen MR) is 88.1 cm³/mol. The van der Waals surface area contributed by atoms with Gasteiger partial charge in [-0.3, -0.25) is 14.9 Å². The van der Waals surface area contributed by atoms with E-state index in [4.69, 9.17) is 9.15 Å². The van der Waals surface area contributed by atoms with Crippen LogP contribution in [-0.2, 0) is 0 Å². The maximum Gasteiger partial charge on any atom is 0.433 e. The van der Waals surface area contributed by atoms with Crippen LogP contribution in [0.4, 0.5) is 5.88 Å². The molecule has 0 atom stereocenters. The highest BCUT2D eigenvalue weighted by Gasteiger charge is 2.19. The monoisotopic (exact) mass is 337 g/mol. The molecule has 8 heteroatoms. The summed E-state index contributed by atoms with van der Waals surface area (Å²) in [7, 11) is 1.54. The Morgan fingerprint density at radius 2 is 1.96 bits per heavy atom. The molecule has 0 unspecified atom stereocenters. The Hall–Kier alpha value is -3.86. The minimum Gasteiger partial charge on any atom is -0.497 e. The predicted octanol–water partition coefficient (Wildman–Crippen LogP) is 3.09. The van der Waals surface area contributed by atoms with E-state index < -0.39 is 16.4 Å². The van der Waals surface area contributed by atoms with Gasteiger partial charge in [-0.25, -0.2) is 0 Å². The molecule has 0 aliphatic heterocycles. The van der Waals surface area contributed by atoms with Crippen LogP contribution in [0.3, 0.4) is 0 Å². The standard InChI is InChI=1S/C17H11N3O5/c1-24-11-4-2-10(3-5-11)14-8-12(13(9-18)17(21)19-14)15-6-7-16(25-15)20(22)23/h2-8H,1H3,(H,19,21). The number of nitrogens with zero attached hydrogens (tertiary/aromatic N) is 2. The molecule has 2 heterocycles. The molecular weight excluding hydrogens is 326 g/mol. The molecule has 0 aliphatic carbocycles. The molecule has 25 heavy (non-hydrogen) atoms. The van der Waals surface area contributed by atoms with E-state index in [1.165, 1.54) is 12.1 Å². The Labute approximate surface area is 141 Å². The van der Waals surface area contributed by atoms with Crippen molar-refractivity contribution in [3.05, 3.63) is 68.5 Å². The van der Waals surface area contributed by atoms with E-state index in [2.05, 4.69) is 4.98 Å². The van der Waals surface area contributed by atoms with Crippen molar-refractivity contribution in [1.82, 2.24) is 4.98 Å². The fourth-order valence-corrected chi connectivity index (χ4v) is 2.36. The van der Waals surface area contributed by atoms with E-state index in [0.717, 1.165) is 0 Å². The number of furan rings is 1. The van der Waals surface area contributed by atoms with Gasteiger partial charge in [-0.2, -0.15) is 5.26 Å². The number of benzene rings is 1. The lowest BCUT2D eigenvalue weighted by molar-refractivity contribution is -0.401. The average Bonchev–Trinajstić information content (AvgIpc) is 3.11. The van der Waals surface area contributed by atoms with E-state index in [1.54, 1.807) is 43.5 Å². The van der Waals surface area contributed by atoms with Crippen LogP contribution < -0.4 is 10.3 Å². The lowest BCUT2D eigenvalue weighted by Crippen LogP contribution is -2.12. The summed E-state index contributed by atoms with van der Waals surface area (Å²) in [6.07, 6.45) is 0. The lowest BCUT2D eigenvalue weighted by Gasteiger charge is -2.07. The van der Waals surface area contributed by atoms with Gasteiger partial charge in [-0.05, 0) is 42.0 Å². The Bertz CT molecular complexity index is 1040. The fraction of sp³-hybridized carbons (Fsp3) is 0.0588. The Morgan fingerprint density at radius 1 is 1.24 bits per heavy atom. The van der Waals surface area contributed by atoms with Crippen LogP contribution in [0.2, 0.25) is 0 Å². The molecule has 0 saturated carbocycles. The minimum atomic E-state index is -0.687. The molecular formula is C17H11N3O5. The number of aromatic nitrogens is 1. The van der Waals surface area contributed by atoms with Gasteiger partial charge in [-0.1, -0.05) is 0 Å². The summed E-state index contributed by atoms with van der Waals surface area (Å²) in [5.74, 6) is 0.260. The first-order chi connectivity index (χ1) is 12.0. The molecule has 0 bridgehead atoms. The molecule has 0 amide bonds. The van der Waals surface area contributed by atoms with Crippen LogP contribution in [0.5, 0.6) is 5.75 Å². The molecule has 1 N–H and O–H groups in total. The van der Waals surface area contributed by atoms with Gasteiger partial charge in [0.25, 0.3) is 5.56 Å². The number of hydrogen-bond acceptors (Lipinski definition) is 6. The molecule has 0 aliphatic rings. The first-order valence-electron chi connectivity index (χ1n) is 7.10. The summed E-state index contributed by atoms with van der Waals surface area (Å²) in [5, 5.41) is 20.0. The Morgan fingerprint density at radius 3 is 2.52 bits per heavy atom. The molecule has 3 aromatic rings. The number of ether oxygens (including phenoxy) is 1. The van der Waals surface area contributed by atoms with Crippen LogP contribution in [0.15, 0.2) is 51.7 Å². The number of hydrogen-bond donors (Lipinski definition) is 1. The fourth-order valence-electron chi connectivity index (χ4n) is 2.36. The van der Waals surface area contributed by atoms with E-state index in [9.17, 15) is 20.2 Å². The molecule has 2 aromatic heterocycles. The highest BCUT2D eigenvalue weighted by Crippen LogP contribution is 2.30. The Balaban J connectivity index is 2.16. The molecule has 0 radical (unpaired) electrons. The second-order valence-electron chi connectivity index (χ2n) is 5.04. The van der Waals surface area contributed by atoms with Crippen LogP contribution in [0, 0.1) is 21.4 Å². The van der Waals surface area contributed by atoms with Crippen LogP contribution in [0.1, 0.15) is 5.56 Å². The summed E-state index contributed by atoms with van der Waals surface area (Å²) in [6.45, 7) is 0. The summed E-state index contributed by atoms with van der Waals surface area (Å²) in [5.41, 5.74) is 0.530. The van der Waals surface area contributed by atoms with Gasteiger partial charge >= 0.3 is 5.88 Å². The third-order valence-electron chi connectivity index (χ3n) is 3.58. The van der Waals surface area contributed by atoms with Crippen LogP contribution in [0.25, 0.3) is 22.6 Å². The topological polar surface area (TPSA) is 122 Å². The molecule has 3 rings (SSSR count). The molecule has 1 aromatic carbocycles. The third kappa shape index (κ3) is 2.98. The maximum absolute atomic E-state index is 12.2. The zero-order valence-corrected chi connectivity index (χ0v) is 13.0. The van der Waals surface area contributed by atoms with Crippen molar-refractivity contribution in [3.63, 3.8) is 0 Å². The van der Waals surface area contributed by atoms with Crippen molar-refractivity contribution in [2.75, 3.05) is 7.11 Å². The van der Waals surface area contributed by atoms with Crippen molar-refractivity contribution in [1.29, 1.82) is 5.26 Å².